The van der Waals surface area contributed by atoms with Gasteiger partial charge in [0.05, 0.1) is 10.1 Å². The highest BCUT2D eigenvalue weighted by atomic mass is 35.5. The smallest absolute Gasteiger partial charge is 0.0615 e. The molecule has 0 aliphatic carbocycles. The third kappa shape index (κ3) is 2.73. The van der Waals surface area contributed by atoms with Gasteiger partial charge in [0, 0.05) is 0 Å². The summed E-state index contributed by atoms with van der Waals surface area (Å²) < 4.78 is 0. The maximum Gasteiger partial charge on any atom is 0.0615 e. The van der Waals surface area contributed by atoms with Crippen LogP contribution in [0.4, 0.5) is 0 Å². The van der Waals surface area contributed by atoms with E-state index in [9.17, 15) is 0 Å². The lowest BCUT2D eigenvalue weighted by Gasteiger charge is -1.95. The molecule has 0 spiro atoms. The fraction of sp³-hybridized carbons (Fsp3) is 0.143. The highest BCUT2D eigenvalue weighted by Crippen LogP contribution is 2.20. The van der Waals surface area contributed by atoms with Gasteiger partial charge in [0.2, 0.25) is 0 Å². The predicted molar refractivity (Wildman–Crippen MR) is 43.7 cm³/mol. The second-order valence-corrected chi connectivity index (χ2v) is 2.44. The van der Waals surface area contributed by atoms with E-state index in [0.29, 0.717) is 10.1 Å². The lowest BCUT2D eigenvalue weighted by Crippen LogP contribution is -1.74. The lowest BCUT2D eigenvalue weighted by molar-refractivity contribution is 1.50. The molecule has 0 aromatic carbocycles. The molecule has 9 heavy (non-hydrogen) atoms. The number of allylic oxidation sites excluding steroid dienone is 4. The molecule has 0 saturated heterocycles. The van der Waals surface area contributed by atoms with E-state index in [1.54, 1.807) is 6.08 Å². The molecular formula is C7H8Cl2. The molecule has 0 radical (unpaired) electrons. The number of hydrogen-bond acceptors (Lipinski definition) is 0. The van der Waals surface area contributed by atoms with Gasteiger partial charge in [-0.2, -0.15) is 0 Å². The van der Waals surface area contributed by atoms with Gasteiger partial charge in [0.15, 0.2) is 0 Å². The molecule has 0 bridgehead atoms. The van der Waals surface area contributed by atoms with E-state index < -0.39 is 0 Å². The Morgan fingerprint density at radius 3 is 2.00 bits per heavy atom. The van der Waals surface area contributed by atoms with E-state index in [1.807, 2.05) is 6.92 Å². The molecule has 50 valence electrons. The Morgan fingerprint density at radius 1 is 1.44 bits per heavy atom. The van der Waals surface area contributed by atoms with Crippen molar-refractivity contribution in [2.24, 2.45) is 0 Å². The first kappa shape index (κ1) is 8.80. The monoisotopic (exact) mass is 162 g/mol. The van der Waals surface area contributed by atoms with Crippen LogP contribution in [0, 0.1) is 0 Å². The first-order valence-corrected chi connectivity index (χ1v) is 3.18. The molecule has 0 saturated carbocycles. The van der Waals surface area contributed by atoms with Gasteiger partial charge in [0.25, 0.3) is 0 Å². The summed E-state index contributed by atoms with van der Waals surface area (Å²) in [6.45, 7) is 8.80. The van der Waals surface area contributed by atoms with Crippen LogP contribution >= 0.6 is 23.2 Å². The minimum atomic E-state index is 0.356. The van der Waals surface area contributed by atoms with Crippen molar-refractivity contribution in [2.45, 2.75) is 6.92 Å². The fourth-order valence-electron chi connectivity index (χ4n) is 0.304. The predicted octanol–water partition coefficient (Wildman–Crippen LogP) is 3.44. The zero-order chi connectivity index (χ0) is 7.44. The average Bonchev–Trinajstić information content (AvgIpc) is 1.84. The Hall–Kier alpha value is -0.200. The van der Waals surface area contributed by atoms with Crippen molar-refractivity contribution in [3.63, 3.8) is 0 Å². The maximum absolute atomic E-state index is 5.64. The Labute approximate surface area is 65.5 Å². The van der Waals surface area contributed by atoms with Crippen LogP contribution in [0.3, 0.4) is 0 Å². The molecular weight excluding hydrogens is 155 g/mol. The molecule has 0 aliphatic rings. The summed E-state index contributed by atoms with van der Waals surface area (Å²) in [4.78, 5) is 0. The highest BCUT2D eigenvalue weighted by Gasteiger charge is 1.96. The van der Waals surface area contributed by atoms with Gasteiger partial charge >= 0.3 is 0 Å². The van der Waals surface area contributed by atoms with Crippen LogP contribution in [-0.4, -0.2) is 0 Å². The summed E-state index contributed by atoms with van der Waals surface area (Å²) in [5, 5.41) is 0.834. The number of rotatable bonds is 2. The zero-order valence-corrected chi connectivity index (χ0v) is 6.76. The summed E-state index contributed by atoms with van der Waals surface area (Å²) in [5.74, 6) is 0. The van der Waals surface area contributed by atoms with E-state index in [1.165, 1.54) is 0 Å². The molecule has 0 aliphatic heterocycles. The lowest BCUT2D eigenvalue weighted by atomic mass is 10.3. The highest BCUT2D eigenvalue weighted by molar-refractivity contribution is 6.44. The van der Waals surface area contributed by atoms with Crippen molar-refractivity contribution in [3.05, 3.63) is 34.9 Å². The minimum Gasteiger partial charge on any atom is -0.0987 e. The average molecular weight is 163 g/mol. The first-order chi connectivity index (χ1) is 4.09. The molecule has 0 unspecified atom stereocenters. The van der Waals surface area contributed by atoms with E-state index in [0.717, 1.165) is 5.57 Å². The molecule has 2 heteroatoms. The molecule has 0 amide bonds. The van der Waals surface area contributed by atoms with E-state index in [4.69, 9.17) is 23.2 Å². The van der Waals surface area contributed by atoms with Gasteiger partial charge in [-0.25, -0.2) is 0 Å². The van der Waals surface area contributed by atoms with E-state index in [2.05, 4.69) is 13.2 Å². The summed E-state index contributed by atoms with van der Waals surface area (Å²) in [6.07, 6.45) is 1.63. The van der Waals surface area contributed by atoms with Crippen LogP contribution in [0.25, 0.3) is 0 Å². The molecule has 0 rings (SSSR count). The summed E-state index contributed by atoms with van der Waals surface area (Å²) in [7, 11) is 0. The van der Waals surface area contributed by atoms with Gasteiger partial charge in [-0.15, -0.1) is 0 Å². The number of hydrogen-bond donors (Lipinski definition) is 0. The van der Waals surface area contributed by atoms with E-state index >= 15 is 0 Å². The minimum absolute atomic E-state index is 0.356. The zero-order valence-electron chi connectivity index (χ0n) is 5.25. The van der Waals surface area contributed by atoms with Crippen molar-refractivity contribution >= 4 is 23.2 Å². The fourth-order valence-corrected chi connectivity index (χ4v) is 0.530. The van der Waals surface area contributed by atoms with Gasteiger partial charge < -0.3 is 0 Å². The SMILES string of the molecule is C=C/C(C)=C(\Cl)C(=C)Cl. The molecule has 0 nitrogen and oxygen atoms in total. The Balaban J connectivity index is 4.47. The number of halogens is 2. The molecule has 0 atom stereocenters. The molecule has 0 N–H and O–H groups in total. The standard InChI is InChI=1S/C7H8Cl2/c1-4-5(2)7(9)6(3)8/h4H,1,3H2,2H3/b7-5-. The first-order valence-electron chi connectivity index (χ1n) is 2.43. The summed E-state index contributed by atoms with van der Waals surface area (Å²) in [6, 6.07) is 0. The molecule has 0 fully saturated rings. The van der Waals surface area contributed by atoms with Gasteiger partial charge in [-0.1, -0.05) is 42.4 Å². The third-order valence-corrected chi connectivity index (χ3v) is 1.70. The summed E-state index contributed by atoms with van der Waals surface area (Å²) in [5.41, 5.74) is 0.844. The van der Waals surface area contributed by atoms with E-state index in [-0.39, 0.29) is 0 Å². The molecule has 0 heterocycles. The van der Waals surface area contributed by atoms with Crippen LogP contribution in [0.2, 0.25) is 0 Å². The normalized spacial score (nSPS) is 12.3. The maximum atomic E-state index is 5.64. The molecule has 0 aromatic rings. The second-order valence-electron chi connectivity index (χ2n) is 1.61. The second kappa shape index (κ2) is 3.76. The Morgan fingerprint density at radius 2 is 1.89 bits per heavy atom. The summed E-state index contributed by atoms with van der Waals surface area (Å²) >= 11 is 11.1. The molecule has 0 aromatic heterocycles. The third-order valence-electron chi connectivity index (χ3n) is 0.891. The van der Waals surface area contributed by atoms with Gasteiger partial charge in [-0.3, -0.25) is 0 Å². The van der Waals surface area contributed by atoms with Crippen LogP contribution < -0.4 is 0 Å². The van der Waals surface area contributed by atoms with Crippen molar-refractivity contribution in [1.82, 2.24) is 0 Å². The van der Waals surface area contributed by atoms with Crippen LogP contribution in [0.15, 0.2) is 34.9 Å². The van der Waals surface area contributed by atoms with Crippen LogP contribution in [0.1, 0.15) is 6.92 Å². The topological polar surface area (TPSA) is 0 Å². The van der Waals surface area contributed by atoms with Gasteiger partial charge in [-0.05, 0) is 12.5 Å². The van der Waals surface area contributed by atoms with Crippen molar-refractivity contribution in [2.75, 3.05) is 0 Å². The quantitative estimate of drug-likeness (QED) is 0.547. The van der Waals surface area contributed by atoms with Gasteiger partial charge in [0.1, 0.15) is 0 Å². The van der Waals surface area contributed by atoms with Crippen LogP contribution in [-0.2, 0) is 0 Å². The van der Waals surface area contributed by atoms with Crippen molar-refractivity contribution in [1.29, 1.82) is 0 Å². The van der Waals surface area contributed by atoms with Crippen LogP contribution in [0.5, 0.6) is 0 Å². The Bertz CT molecular complexity index is 166. The van der Waals surface area contributed by atoms with Crippen molar-refractivity contribution < 1.29 is 0 Å². The largest absolute Gasteiger partial charge is 0.0987 e. The van der Waals surface area contributed by atoms with Crippen molar-refractivity contribution in [3.8, 4) is 0 Å². The Kier molecular flexibility index (Phi) is 3.67.